The third kappa shape index (κ3) is 2.29. The molecule has 0 amide bonds. The first-order chi connectivity index (χ1) is 9.22. The Hall–Kier alpha value is -0.870. The Labute approximate surface area is 122 Å². The molecule has 2 fully saturated rings. The van der Waals surface area contributed by atoms with Gasteiger partial charge in [-0.25, -0.2) is 8.42 Å². The molecule has 1 heterocycles. The second-order valence-corrected chi connectivity index (χ2v) is 9.47. The van der Waals surface area contributed by atoms with Gasteiger partial charge in [0.25, 0.3) is 0 Å². The minimum absolute atomic E-state index is 0.133. The fourth-order valence-corrected chi connectivity index (χ4v) is 6.21. The van der Waals surface area contributed by atoms with Crippen LogP contribution in [0.5, 0.6) is 0 Å². The van der Waals surface area contributed by atoms with Crippen molar-refractivity contribution in [3.8, 4) is 0 Å². The van der Waals surface area contributed by atoms with Crippen molar-refractivity contribution < 1.29 is 8.42 Å². The summed E-state index contributed by atoms with van der Waals surface area (Å²) in [5.41, 5.74) is 0.368. The van der Waals surface area contributed by atoms with Gasteiger partial charge in [-0.1, -0.05) is 39.0 Å². The molecule has 1 aromatic rings. The third-order valence-corrected chi connectivity index (χ3v) is 6.63. The third-order valence-electron chi connectivity index (χ3n) is 4.72. The molecule has 2 atom stereocenters. The van der Waals surface area contributed by atoms with Crippen LogP contribution in [0.1, 0.15) is 40.0 Å². The van der Waals surface area contributed by atoms with Crippen molar-refractivity contribution >= 4 is 10.0 Å². The SMILES string of the molecule is CC1(C)CC2CC(C)(CN2S(=O)(=O)c2ccccc2)C1. The Morgan fingerprint density at radius 2 is 1.75 bits per heavy atom. The first kappa shape index (κ1) is 14.1. The molecule has 0 spiro atoms. The first-order valence-electron chi connectivity index (χ1n) is 7.29. The Bertz CT molecular complexity index is 609. The molecule has 1 aromatic carbocycles. The van der Waals surface area contributed by atoms with Crippen molar-refractivity contribution in [3.05, 3.63) is 30.3 Å². The van der Waals surface area contributed by atoms with Gasteiger partial charge in [0.15, 0.2) is 0 Å². The average Bonchev–Trinajstić information content (AvgIpc) is 2.60. The summed E-state index contributed by atoms with van der Waals surface area (Å²) in [4.78, 5) is 0.425. The van der Waals surface area contributed by atoms with Gasteiger partial charge in [0.2, 0.25) is 10.0 Å². The fraction of sp³-hybridized carbons (Fsp3) is 0.625. The minimum atomic E-state index is -3.35. The molecule has 2 bridgehead atoms. The van der Waals surface area contributed by atoms with Gasteiger partial charge in [-0.15, -0.1) is 0 Å². The number of rotatable bonds is 2. The highest BCUT2D eigenvalue weighted by Gasteiger charge is 2.53. The summed E-state index contributed by atoms with van der Waals surface area (Å²) < 4.78 is 27.5. The summed E-state index contributed by atoms with van der Waals surface area (Å²) in [6.45, 7) is 7.42. The normalized spacial score (nSPS) is 33.2. The highest BCUT2D eigenvalue weighted by molar-refractivity contribution is 7.89. The molecule has 20 heavy (non-hydrogen) atoms. The van der Waals surface area contributed by atoms with Crippen molar-refractivity contribution in [1.29, 1.82) is 0 Å². The standard InChI is InChI=1S/C16H23NO2S/c1-15(2)9-13-10-16(3,11-15)12-17(13)20(18,19)14-7-5-4-6-8-14/h4-8,13H,9-12H2,1-3H3. The van der Waals surface area contributed by atoms with Crippen LogP contribution in [0.15, 0.2) is 35.2 Å². The van der Waals surface area contributed by atoms with Crippen LogP contribution >= 0.6 is 0 Å². The highest BCUT2D eigenvalue weighted by atomic mass is 32.2. The van der Waals surface area contributed by atoms with E-state index < -0.39 is 10.0 Å². The van der Waals surface area contributed by atoms with E-state index in [0.717, 1.165) is 19.3 Å². The highest BCUT2D eigenvalue weighted by Crippen LogP contribution is 2.53. The lowest BCUT2D eigenvalue weighted by molar-refractivity contribution is 0.133. The molecule has 0 N–H and O–H groups in total. The number of hydrogen-bond donors (Lipinski definition) is 0. The molecule has 110 valence electrons. The van der Waals surface area contributed by atoms with Crippen LogP contribution in [-0.2, 0) is 10.0 Å². The van der Waals surface area contributed by atoms with Crippen LogP contribution < -0.4 is 0 Å². The lowest BCUT2D eigenvalue weighted by Crippen LogP contribution is -2.37. The Balaban J connectivity index is 1.97. The van der Waals surface area contributed by atoms with Gasteiger partial charge in [-0.05, 0) is 42.2 Å². The van der Waals surface area contributed by atoms with Crippen molar-refractivity contribution in [2.75, 3.05) is 6.54 Å². The lowest BCUT2D eigenvalue weighted by atomic mass is 9.65. The molecular formula is C16H23NO2S. The van der Waals surface area contributed by atoms with E-state index in [9.17, 15) is 8.42 Å². The molecule has 2 aliphatic rings. The number of hydrogen-bond acceptors (Lipinski definition) is 2. The van der Waals surface area contributed by atoms with Crippen molar-refractivity contribution in [2.45, 2.75) is 51.0 Å². The van der Waals surface area contributed by atoms with Crippen LogP contribution in [0.2, 0.25) is 0 Å². The van der Waals surface area contributed by atoms with Crippen LogP contribution in [0.25, 0.3) is 0 Å². The van der Waals surface area contributed by atoms with E-state index in [1.165, 1.54) is 0 Å². The van der Waals surface area contributed by atoms with Gasteiger partial charge in [-0.3, -0.25) is 0 Å². The number of fused-ring (bicyclic) bond motifs is 2. The van der Waals surface area contributed by atoms with Crippen LogP contribution in [0.4, 0.5) is 0 Å². The van der Waals surface area contributed by atoms with E-state index in [-0.39, 0.29) is 16.9 Å². The van der Waals surface area contributed by atoms with Gasteiger partial charge in [0.05, 0.1) is 4.90 Å². The van der Waals surface area contributed by atoms with E-state index in [4.69, 9.17) is 0 Å². The molecule has 3 rings (SSSR count). The molecule has 1 aliphatic carbocycles. The maximum absolute atomic E-state index is 12.9. The average molecular weight is 293 g/mol. The van der Waals surface area contributed by atoms with E-state index >= 15 is 0 Å². The summed E-state index contributed by atoms with van der Waals surface area (Å²) in [5.74, 6) is 0. The fourth-order valence-electron chi connectivity index (χ4n) is 4.42. The van der Waals surface area contributed by atoms with Crippen LogP contribution in [0, 0.1) is 10.8 Å². The largest absolute Gasteiger partial charge is 0.243 e. The smallest absolute Gasteiger partial charge is 0.207 e. The molecule has 0 aromatic heterocycles. The van der Waals surface area contributed by atoms with Gasteiger partial charge >= 0.3 is 0 Å². The topological polar surface area (TPSA) is 37.4 Å². The summed E-state index contributed by atoms with van der Waals surface area (Å²) >= 11 is 0. The Morgan fingerprint density at radius 1 is 1.10 bits per heavy atom. The second kappa shape index (κ2) is 4.31. The molecule has 1 saturated carbocycles. The molecule has 1 saturated heterocycles. The zero-order chi connectivity index (χ0) is 14.6. The molecule has 4 heteroatoms. The Kier molecular flexibility index (Phi) is 3.04. The van der Waals surface area contributed by atoms with Gasteiger partial charge in [0, 0.05) is 12.6 Å². The maximum atomic E-state index is 12.9. The maximum Gasteiger partial charge on any atom is 0.243 e. The molecule has 1 aliphatic heterocycles. The van der Waals surface area contributed by atoms with E-state index in [1.807, 2.05) is 6.07 Å². The summed E-state index contributed by atoms with van der Waals surface area (Å²) in [5, 5.41) is 0. The van der Waals surface area contributed by atoms with E-state index in [2.05, 4.69) is 20.8 Å². The predicted molar refractivity (Wildman–Crippen MR) is 79.9 cm³/mol. The molecule has 0 radical (unpaired) electrons. The first-order valence-corrected chi connectivity index (χ1v) is 8.73. The summed E-state index contributed by atoms with van der Waals surface area (Å²) in [6.07, 6.45) is 3.08. The zero-order valence-corrected chi connectivity index (χ0v) is 13.3. The van der Waals surface area contributed by atoms with Gasteiger partial charge < -0.3 is 0 Å². The monoisotopic (exact) mass is 293 g/mol. The lowest BCUT2D eigenvalue weighted by Gasteiger charge is -2.39. The summed E-state index contributed by atoms with van der Waals surface area (Å²) in [6, 6.07) is 9.00. The zero-order valence-electron chi connectivity index (χ0n) is 12.5. The van der Waals surface area contributed by atoms with Crippen molar-refractivity contribution in [3.63, 3.8) is 0 Å². The van der Waals surface area contributed by atoms with Crippen molar-refractivity contribution in [2.24, 2.45) is 10.8 Å². The second-order valence-electron chi connectivity index (χ2n) is 7.58. The van der Waals surface area contributed by atoms with E-state index in [1.54, 1.807) is 28.6 Å². The number of benzene rings is 1. The van der Waals surface area contributed by atoms with Gasteiger partial charge in [0.1, 0.15) is 0 Å². The number of nitrogens with zero attached hydrogens (tertiary/aromatic N) is 1. The molecule has 3 nitrogen and oxygen atoms in total. The predicted octanol–water partition coefficient (Wildman–Crippen LogP) is 3.28. The van der Waals surface area contributed by atoms with Crippen LogP contribution in [-0.4, -0.2) is 25.3 Å². The molecule has 2 unspecified atom stereocenters. The Morgan fingerprint density at radius 3 is 2.40 bits per heavy atom. The van der Waals surface area contributed by atoms with Crippen molar-refractivity contribution in [1.82, 2.24) is 4.31 Å². The quantitative estimate of drug-likeness (QED) is 0.839. The summed E-state index contributed by atoms with van der Waals surface area (Å²) in [7, 11) is -3.35. The number of sulfonamides is 1. The van der Waals surface area contributed by atoms with Gasteiger partial charge in [-0.2, -0.15) is 4.31 Å². The molecular weight excluding hydrogens is 270 g/mol. The minimum Gasteiger partial charge on any atom is -0.207 e. The van der Waals surface area contributed by atoms with Crippen LogP contribution in [0.3, 0.4) is 0 Å². The van der Waals surface area contributed by atoms with E-state index in [0.29, 0.717) is 11.4 Å².